The SMILES string of the molecule is CCCCNC(=O)C1(NC(=O)CCc2nc3cc(S(=O)(=O)N(C)C)ccc3n2C)CCCCC1. The number of rotatable bonds is 10. The van der Waals surface area contributed by atoms with E-state index in [-0.39, 0.29) is 23.1 Å². The molecule has 1 aromatic carbocycles. The van der Waals surface area contributed by atoms with Crippen LogP contribution in [0.5, 0.6) is 0 Å². The summed E-state index contributed by atoms with van der Waals surface area (Å²) in [5.74, 6) is 0.441. The molecule has 0 spiro atoms. The third-order valence-corrected chi connectivity index (χ3v) is 8.45. The van der Waals surface area contributed by atoms with E-state index in [4.69, 9.17) is 0 Å². The number of aryl methyl sites for hydroxylation is 2. The molecule has 1 aliphatic rings. The molecule has 0 unspecified atom stereocenters. The number of carbonyl (C=O) groups is 2. The van der Waals surface area contributed by atoms with Crippen molar-refractivity contribution in [3.8, 4) is 0 Å². The summed E-state index contributed by atoms with van der Waals surface area (Å²) in [6.45, 7) is 2.70. The first-order valence-electron chi connectivity index (χ1n) is 12.1. The Hall–Kier alpha value is -2.46. The monoisotopic (exact) mass is 491 g/mol. The van der Waals surface area contributed by atoms with Crippen molar-refractivity contribution in [3.63, 3.8) is 0 Å². The molecule has 1 aliphatic carbocycles. The Bertz CT molecular complexity index is 1130. The summed E-state index contributed by atoms with van der Waals surface area (Å²) in [4.78, 5) is 30.6. The molecule has 188 valence electrons. The molecule has 1 heterocycles. The van der Waals surface area contributed by atoms with Crippen LogP contribution in [-0.4, -0.2) is 60.3 Å². The minimum absolute atomic E-state index is 0.0774. The molecule has 0 atom stereocenters. The van der Waals surface area contributed by atoms with Gasteiger partial charge in [-0.1, -0.05) is 32.6 Å². The highest BCUT2D eigenvalue weighted by molar-refractivity contribution is 7.89. The summed E-state index contributed by atoms with van der Waals surface area (Å²) in [5.41, 5.74) is 0.539. The molecule has 0 radical (unpaired) electrons. The number of amides is 2. The quantitative estimate of drug-likeness (QED) is 0.496. The number of carbonyl (C=O) groups excluding carboxylic acids is 2. The van der Waals surface area contributed by atoms with Crippen molar-refractivity contribution >= 4 is 32.9 Å². The van der Waals surface area contributed by atoms with Crippen molar-refractivity contribution < 1.29 is 18.0 Å². The minimum Gasteiger partial charge on any atom is -0.354 e. The molecule has 1 saturated carbocycles. The molecule has 1 aromatic heterocycles. The highest BCUT2D eigenvalue weighted by Crippen LogP contribution is 2.29. The van der Waals surface area contributed by atoms with Gasteiger partial charge in [0.2, 0.25) is 21.8 Å². The number of sulfonamides is 1. The standard InChI is InChI=1S/C24H37N5O4S/c1-5-6-16-25-23(31)24(14-8-7-9-15-24)27-22(30)13-12-21-26-19-17-18(34(32,33)28(2)3)10-11-20(19)29(21)4/h10-11,17H,5-9,12-16H2,1-4H3,(H,25,31)(H,27,30). The Labute approximate surface area is 202 Å². The number of imidazole rings is 1. The topological polar surface area (TPSA) is 113 Å². The van der Waals surface area contributed by atoms with E-state index >= 15 is 0 Å². The third kappa shape index (κ3) is 5.60. The van der Waals surface area contributed by atoms with E-state index in [1.807, 2.05) is 11.6 Å². The lowest BCUT2D eigenvalue weighted by molar-refractivity contribution is -0.135. The maximum absolute atomic E-state index is 12.9. The molecule has 0 saturated heterocycles. The van der Waals surface area contributed by atoms with E-state index in [0.717, 1.165) is 37.6 Å². The number of nitrogens with one attached hydrogen (secondary N) is 2. The zero-order chi connectivity index (χ0) is 24.9. The Morgan fingerprint density at radius 1 is 1.18 bits per heavy atom. The van der Waals surface area contributed by atoms with Gasteiger partial charge in [0.05, 0.1) is 15.9 Å². The van der Waals surface area contributed by atoms with Crippen LogP contribution in [0.25, 0.3) is 11.0 Å². The fourth-order valence-corrected chi connectivity index (χ4v) is 5.41. The second kappa shape index (κ2) is 10.9. The fourth-order valence-electron chi connectivity index (χ4n) is 4.49. The molecule has 1 fully saturated rings. The van der Waals surface area contributed by atoms with Gasteiger partial charge in [0.25, 0.3) is 0 Å². The second-order valence-corrected chi connectivity index (χ2v) is 11.5. The summed E-state index contributed by atoms with van der Waals surface area (Å²) in [6, 6.07) is 4.87. The van der Waals surface area contributed by atoms with Gasteiger partial charge >= 0.3 is 0 Å². The van der Waals surface area contributed by atoms with Crippen LogP contribution in [0.3, 0.4) is 0 Å². The maximum atomic E-state index is 12.9. The predicted octanol–water partition coefficient (Wildman–Crippen LogP) is 2.49. The Balaban J connectivity index is 1.71. The van der Waals surface area contributed by atoms with Gasteiger partial charge in [-0.2, -0.15) is 0 Å². The molecule has 0 aliphatic heterocycles. The Morgan fingerprint density at radius 3 is 2.53 bits per heavy atom. The van der Waals surface area contributed by atoms with Crippen molar-refractivity contribution in [3.05, 3.63) is 24.0 Å². The van der Waals surface area contributed by atoms with Gasteiger partial charge in [0, 0.05) is 40.5 Å². The molecule has 3 rings (SSSR count). The van der Waals surface area contributed by atoms with Crippen LogP contribution in [0.15, 0.2) is 23.1 Å². The molecular weight excluding hydrogens is 454 g/mol. The normalized spacial score (nSPS) is 16.0. The van der Waals surface area contributed by atoms with E-state index < -0.39 is 15.6 Å². The van der Waals surface area contributed by atoms with E-state index in [2.05, 4.69) is 22.5 Å². The molecule has 2 aromatic rings. The number of nitrogens with zero attached hydrogens (tertiary/aromatic N) is 3. The third-order valence-electron chi connectivity index (χ3n) is 6.64. The van der Waals surface area contributed by atoms with Crippen LogP contribution >= 0.6 is 0 Å². The molecular formula is C24H37N5O4S. The van der Waals surface area contributed by atoms with Gasteiger partial charge in [-0.05, 0) is 37.5 Å². The summed E-state index contributed by atoms with van der Waals surface area (Å²) >= 11 is 0. The number of fused-ring (bicyclic) bond motifs is 1. The number of aromatic nitrogens is 2. The van der Waals surface area contributed by atoms with Crippen LogP contribution in [0.4, 0.5) is 0 Å². The van der Waals surface area contributed by atoms with E-state index in [0.29, 0.717) is 37.1 Å². The van der Waals surface area contributed by atoms with E-state index in [1.165, 1.54) is 18.4 Å². The van der Waals surface area contributed by atoms with Gasteiger partial charge in [0.15, 0.2) is 0 Å². The molecule has 34 heavy (non-hydrogen) atoms. The lowest BCUT2D eigenvalue weighted by Gasteiger charge is -2.36. The number of unbranched alkanes of at least 4 members (excludes halogenated alkanes) is 1. The molecule has 2 amide bonds. The first kappa shape index (κ1) is 26.2. The largest absolute Gasteiger partial charge is 0.354 e. The first-order valence-corrected chi connectivity index (χ1v) is 13.5. The van der Waals surface area contributed by atoms with Crippen molar-refractivity contribution in [2.24, 2.45) is 7.05 Å². The lowest BCUT2D eigenvalue weighted by atomic mass is 9.80. The van der Waals surface area contributed by atoms with Gasteiger partial charge < -0.3 is 15.2 Å². The van der Waals surface area contributed by atoms with Crippen LogP contribution in [0.1, 0.15) is 64.1 Å². The van der Waals surface area contributed by atoms with Crippen molar-refractivity contribution in [2.45, 2.75) is 75.1 Å². The van der Waals surface area contributed by atoms with Crippen LogP contribution in [0.2, 0.25) is 0 Å². The lowest BCUT2D eigenvalue weighted by Crippen LogP contribution is -2.59. The molecule has 9 nitrogen and oxygen atoms in total. The number of hydrogen-bond acceptors (Lipinski definition) is 5. The predicted molar refractivity (Wildman–Crippen MR) is 132 cm³/mol. The van der Waals surface area contributed by atoms with Crippen molar-refractivity contribution in [1.29, 1.82) is 0 Å². The van der Waals surface area contributed by atoms with Gasteiger partial charge in [-0.3, -0.25) is 9.59 Å². The first-order chi connectivity index (χ1) is 16.1. The van der Waals surface area contributed by atoms with Crippen molar-refractivity contribution in [1.82, 2.24) is 24.5 Å². The van der Waals surface area contributed by atoms with Crippen molar-refractivity contribution in [2.75, 3.05) is 20.6 Å². The zero-order valence-corrected chi connectivity index (χ0v) is 21.5. The summed E-state index contributed by atoms with van der Waals surface area (Å²) < 4.78 is 27.9. The van der Waals surface area contributed by atoms with Crippen LogP contribution < -0.4 is 10.6 Å². The van der Waals surface area contributed by atoms with E-state index in [9.17, 15) is 18.0 Å². The van der Waals surface area contributed by atoms with Gasteiger partial charge in [-0.25, -0.2) is 17.7 Å². The second-order valence-electron chi connectivity index (χ2n) is 9.33. The van der Waals surface area contributed by atoms with Gasteiger partial charge in [0.1, 0.15) is 11.4 Å². The summed E-state index contributed by atoms with van der Waals surface area (Å²) in [6.07, 6.45) is 6.74. The maximum Gasteiger partial charge on any atom is 0.245 e. The summed E-state index contributed by atoms with van der Waals surface area (Å²) in [7, 11) is 1.28. The smallest absolute Gasteiger partial charge is 0.245 e. The number of hydrogen-bond donors (Lipinski definition) is 2. The summed E-state index contributed by atoms with van der Waals surface area (Å²) in [5, 5.41) is 6.05. The molecule has 0 bridgehead atoms. The highest BCUT2D eigenvalue weighted by Gasteiger charge is 2.40. The highest BCUT2D eigenvalue weighted by atomic mass is 32.2. The van der Waals surface area contributed by atoms with E-state index in [1.54, 1.807) is 18.2 Å². The van der Waals surface area contributed by atoms with Gasteiger partial charge in [-0.15, -0.1) is 0 Å². The zero-order valence-electron chi connectivity index (χ0n) is 20.7. The average Bonchev–Trinajstić information content (AvgIpc) is 3.13. The Morgan fingerprint density at radius 2 is 1.88 bits per heavy atom. The average molecular weight is 492 g/mol. The number of benzene rings is 1. The Kier molecular flexibility index (Phi) is 8.35. The minimum atomic E-state index is -3.56. The fraction of sp³-hybridized carbons (Fsp3) is 0.625. The van der Waals surface area contributed by atoms with Crippen LogP contribution in [-0.2, 0) is 33.1 Å². The van der Waals surface area contributed by atoms with Crippen LogP contribution in [0, 0.1) is 0 Å². The molecule has 2 N–H and O–H groups in total. The molecule has 10 heteroatoms.